The summed E-state index contributed by atoms with van der Waals surface area (Å²) in [7, 11) is 0. The fourth-order valence-corrected chi connectivity index (χ4v) is 5.35. The van der Waals surface area contributed by atoms with Gasteiger partial charge in [-0.3, -0.25) is 4.79 Å². The van der Waals surface area contributed by atoms with Gasteiger partial charge in [0.1, 0.15) is 17.2 Å². The summed E-state index contributed by atoms with van der Waals surface area (Å²) in [4.78, 5) is 32.5. The quantitative estimate of drug-likeness (QED) is 0.265. The number of rotatable bonds is 8. The third kappa shape index (κ3) is 6.60. The first kappa shape index (κ1) is 29.4. The summed E-state index contributed by atoms with van der Waals surface area (Å²) in [5.74, 6) is -2.10. The first-order valence-electron chi connectivity index (χ1n) is 14.0. The molecule has 2 aromatic carbocycles. The maximum Gasteiger partial charge on any atom is 0.410 e. The van der Waals surface area contributed by atoms with Crippen LogP contribution >= 0.6 is 0 Å². The van der Waals surface area contributed by atoms with Gasteiger partial charge in [0.2, 0.25) is 5.88 Å². The Morgan fingerprint density at radius 2 is 1.73 bits per heavy atom. The van der Waals surface area contributed by atoms with Crippen LogP contribution < -0.4 is 4.74 Å². The maximum atomic E-state index is 15.6. The number of carbonyl (C=O) groups is 2. The highest BCUT2D eigenvalue weighted by Gasteiger charge is 2.31. The Hall–Kier alpha value is -3.55. The molecule has 1 aromatic heterocycles. The number of hydrogen-bond donors (Lipinski definition) is 0. The van der Waals surface area contributed by atoms with E-state index in [1.54, 1.807) is 50.8 Å². The lowest BCUT2D eigenvalue weighted by Gasteiger charge is -2.35. The number of hydrogen-bond acceptors (Lipinski definition) is 5. The summed E-state index contributed by atoms with van der Waals surface area (Å²) in [6.45, 7) is 9.73. The van der Waals surface area contributed by atoms with Gasteiger partial charge in [0, 0.05) is 23.7 Å². The Balaban J connectivity index is 1.68. The zero-order valence-corrected chi connectivity index (χ0v) is 23.9. The van der Waals surface area contributed by atoms with Crippen LogP contribution in [0.15, 0.2) is 42.6 Å². The van der Waals surface area contributed by atoms with Crippen LogP contribution in [0.4, 0.5) is 13.6 Å². The topological polar surface area (TPSA) is 68.7 Å². The van der Waals surface area contributed by atoms with Crippen molar-refractivity contribution < 1.29 is 27.8 Å². The molecule has 4 rings (SSSR count). The Bertz CT molecular complexity index is 1360. The first-order chi connectivity index (χ1) is 19.0. The third-order valence-corrected chi connectivity index (χ3v) is 7.34. The smallest absolute Gasteiger partial charge is 0.410 e. The molecule has 1 amide bonds. The van der Waals surface area contributed by atoms with Crippen molar-refractivity contribution in [3.8, 4) is 5.88 Å². The average Bonchev–Trinajstić information content (AvgIpc) is 2.90. The molecule has 1 atom stereocenters. The lowest BCUT2D eigenvalue weighted by Crippen LogP contribution is -2.41. The molecule has 1 aliphatic rings. The van der Waals surface area contributed by atoms with Crippen LogP contribution in [0.5, 0.6) is 5.88 Å². The van der Waals surface area contributed by atoms with Crippen molar-refractivity contribution in [3.05, 3.63) is 70.9 Å². The van der Waals surface area contributed by atoms with Crippen LogP contribution in [0.1, 0.15) is 94.2 Å². The predicted octanol–water partition coefficient (Wildman–Crippen LogP) is 8.02. The van der Waals surface area contributed by atoms with Gasteiger partial charge < -0.3 is 14.4 Å². The van der Waals surface area contributed by atoms with Gasteiger partial charge in [-0.15, -0.1) is 0 Å². The lowest BCUT2D eigenvalue weighted by molar-refractivity contribution is 0.0122. The van der Waals surface area contributed by atoms with Gasteiger partial charge >= 0.3 is 6.09 Å². The molecule has 8 heteroatoms. The molecule has 1 fully saturated rings. The average molecular weight is 553 g/mol. The fraction of sp³-hybridized carbons (Fsp3) is 0.469. The monoisotopic (exact) mass is 552 g/mol. The molecular formula is C32H38F2N2O4. The standard InChI is InChI=1S/C32H38F2N2O4/c1-6-39-30-25-14-10-13-24(23(25)15-16-35-30)29(37)28-26(33)17-22(18-27(28)34)20(2)36(31(38)40-32(3,4)5)19-21-11-8-7-9-12-21/h10,13-18,20-21H,6-9,11-12,19H2,1-5H3. The number of pyridine rings is 1. The molecule has 3 aromatic rings. The van der Waals surface area contributed by atoms with Crippen LogP contribution in [0.3, 0.4) is 0 Å². The first-order valence-corrected chi connectivity index (χ1v) is 14.0. The number of carbonyl (C=O) groups excluding carboxylic acids is 2. The molecule has 1 unspecified atom stereocenters. The number of nitrogens with zero attached hydrogens (tertiary/aromatic N) is 2. The second-order valence-electron chi connectivity index (χ2n) is 11.5. The van der Waals surface area contributed by atoms with E-state index in [0.717, 1.165) is 37.8 Å². The molecule has 0 aliphatic heterocycles. The second-order valence-corrected chi connectivity index (χ2v) is 11.5. The number of ether oxygens (including phenoxy) is 2. The predicted molar refractivity (Wildman–Crippen MR) is 151 cm³/mol. The highest BCUT2D eigenvalue weighted by atomic mass is 19.1. The van der Waals surface area contributed by atoms with E-state index in [9.17, 15) is 9.59 Å². The van der Waals surface area contributed by atoms with Gasteiger partial charge in [0.05, 0.1) is 18.2 Å². The van der Waals surface area contributed by atoms with Gasteiger partial charge in [-0.1, -0.05) is 31.4 Å². The second kappa shape index (κ2) is 12.3. The molecule has 1 aliphatic carbocycles. The highest BCUT2D eigenvalue weighted by molar-refractivity contribution is 6.17. The number of ketones is 1. The Kier molecular flexibility index (Phi) is 9.06. The van der Waals surface area contributed by atoms with Gasteiger partial charge in [0.25, 0.3) is 0 Å². The van der Waals surface area contributed by atoms with Crippen LogP contribution in [-0.4, -0.2) is 40.5 Å². The van der Waals surface area contributed by atoms with Crippen LogP contribution in [0, 0.1) is 17.6 Å². The Labute approximate surface area is 234 Å². The van der Waals surface area contributed by atoms with E-state index in [-0.39, 0.29) is 11.1 Å². The summed E-state index contributed by atoms with van der Waals surface area (Å²) in [6, 6.07) is 8.18. The van der Waals surface area contributed by atoms with Gasteiger partial charge in [-0.05, 0) is 88.6 Å². The molecule has 0 spiro atoms. The number of benzene rings is 2. The summed E-state index contributed by atoms with van der Waals surface area (Å²) in [5, 5.41) is 1.07. The van der Waals surface area contributed by atoms with Crippen molar-refractivity contribution in [2.75, 3.05) is 13.2 Å². The molecule has 6 nitrogen and oxygen atoms in total. The molecular weight excluding hydrogens is 514 g/mol. The maximum absolute atomic E-state index is 15.6. The van der Waals surface area contributed by atoms with E-state index >= 15 is 8.78 Å². The number of amides is 1. The van der Waals surface area contributed by atoms with E-state index in [4.69, 9.17) is 9.47 Å². The number of aromatic nitrogens is 1. The van der Waals surface area contributed by atoms with E-state index in [1.807, 2.05) is 6.92 Å². The molecule has 40 heavy (non-hydrogen) atoms. The zero-order valence-electron chi connectivity index (χ0n) is 23.9. The Morgan fingerprint density at radius 1 is 1.05 bits per heavy atom. The fourth-order valence-electron chi connectivity index (χ4n) is 5.35. The van der Waals surface area contributed by atoms with E-state index in [2.05, 4.69) is 4.98 Å². The minimum atomic E-state index is -0.982. The minimum absolute atomic E-state index is 0.145. The SMILES string of the molecule is CCOc1nccc2c(C(=O)c3c(F)cc(C(C)N(CC4CCCCC4)C(=O)OC(C)(C)C)cc3F)cccc12. The van der Waals surface area contributed by atoms with Gasteiger partial charge in [-0.25, -0.2) is 18.6 Å². The van der Waals surface area contributed by atoms with Crippen molar-refractivity contribution in [2.45, 2.75) is 78.4 Å². The van der Waals surface area contributed by atoms with E-state index in [1.165, 1.54) is 18.7 Å². The van der Waals surface area contributed by atoms with Crippen molar-refractivity contribution in [3.63, 3.8) is 0 Å². The van der Waals surface area contributed by atoms with Crippen molar-refractivity contribution in [2.24, 2.45) is 5.92 Å². The number of fused-ring (bicyclic) bond motifs is 1. The molecule has 0 N–H and O–H groups in total. The van der Waals surface area contributed by atoms with Crippen LogP contribution in [0.25, 0.3) is 10.8 Å². The largest absolute Gasteiger partial charge is 0.478 e. The van der Waals surface area contributed by atoms with Crippen LogP contribution in [-0.2, 0) is 4.74 Å². The molecule has 1 saturated carbocycles. The Morgan fingerprint density at radius 3 is 2.35 bits per heavy atom. The summed E-state index contributed by atoms with van der Waals surface area (Å²) in [6.07, 6.45) is 6.32. The highest BCUT2D eigenvalue weighted by Crippen LogP contribution is 2.33. The third-order valence-electron chi connectivity index (χ3n) is 7.34. The summed E-state index contributed by atoms with van der Waals surface area (Å²) < 4.78 is 42.4. The molecule has 0 saturated heterocycles. The molecule has 214 valence electrons. The van der Waals surface area contributed by atoms with E-state index in [0.29, 0.717) is 35.7 Å². The summed E-state index contributed by atoms with van der Waals surface area (Å²) >= 11 is 0. The molecule has 0 radical (unpaired) electrons. The minimum Gasteiger partial charge on any atom is -0.478 e. The van der Waals surface area contributed by atoms with Crippen molar-refractivity contribution >= 4 is 22.6 Å². The van der Waals surface area contributed by atoms with Crippen LogP contribution in [0.2, 0.25) is 0 Å². The molecule has 1 heterocycles. The van der Waals surface area contributed by atoms with Crippen molar-refractivity contribution in [1.82, 2.24) is 9.88 Å². The summed E-state index contributed by atoms with van der Waals surface area (Å²) in [5.41, 5.74) is -0.958. The van der Waals surface area contributed by atoms with Crippen molar-refractivity contribution in [1.29, 1.82) is 0 Å². The lowest BCUT2D eigenvalue weighted by atomic mass is 9.88. The van der Waals surface area contributed by atoms with Gasteiger partial charge in [-0.2, -0.15) is 0 Å². The molecule has 0 bridgehead atoms. The van der Waals surface area contributed by atoms with Gasteiger partial charge in [0.15, 0.2) is 5.78 Å². The normalized spacial score (nSPS) is 15.1. The zero-order chi connectivity index (χ0) is 29.0. The number of halogens is 2. The van der Waals surface area contributed by atoms with E-state index < -0.39 is 40.7 Å².